The fraction of sp³-hybridized carbons (Fsp3) is 0.278. The Bertz CT molecular complexity index is 904. The molecule has 2 aromatic carbocycles. The predicted molar refractivity (Wildman–Crippen MR) is 95.6 cm³/mol. The number of hydrogen-bond donors (Lipinski definition) is 2. The van der Waals surface area contributed by atoms with Crippen molar-refractivity contribution in [3.8, 4) is 0 Å². The van der Waals surface area contributed by atoms with Gasteiger partial charge in [0.05, 0.1) is 5.75 Å². The predicted octanol–water partition coefficient (Wildman–Crippen LogP) is 3.13. The maximum Gasteiger partial charge on any atom is 0.236 e. The molecule has 0 aromatic heterocycles. The molecule has 126 valence electrons. The maximum atomic E-state index is 12.5. The Balaban J connectivity index is 1.79. The van der Waals surface area contributed by atoms with Gasteiger partial charge in [0.1, 0.15) is 0 Å². The minimum atomic E-state index is -3.50. The van der Waals surface area contributed by atoms with Crippen LogP contribution >= 0.6 is 0 Å². The lowest BCUT2D eigenvalue weighted by atomic mass is 10.0. The van der Waals surface area contributed by atoms with E-state index in [1.54, 1.807) is 18.2 Å². The van der Waals surface area contributed by atoms with Gasteiger partial charge in [-0.15, -0.1) is 0 Å². The van der Waals surface area contributed by atoms with Gasteiger partial charge in [0.25, 0.3) is 0 Å². The lowest BCUT2D eigenvalue weighted by Gasteiger charge is -2.18. The number of aryl methyl sites for hydroxylation is 3. The first-order valence-electron chi connectivity index (χ1n) is 7.82. The number of fused-ring (bicyclic) bond motifs is 1. The summed E-state index contributed by atoms with van der Waals surface area (Å²) in [6.07, 6.45) is 1.04. The van der Waals surface area contributed by atoms with E-state index in [0.29, 0.717) is 18.5 Å². The molecule has 0 unspecified atom stereocenters. The van der Waals surface area contributed by atoms with E-state index in [4.69, 9.17) is 0 Å². The highest BCUT2D eigenvalue weighted by Gasteiger charge is 2.17. The number of hydrogen-bond acceptors (Lipinski definition) is 3. The van der Waals surface area contributed by atoms with Crippen LogP contribution < -0.4 is 10.0 Å². The van der Waals surface area contributed by atoms with Crippen LogP contribution in [0, 0.1) is 13.8 Å². The molecular weight excluding hydrogens is 324 g/mol. The van der Waals surface area contributed by atoms with Gasteiger partial charge in [-0.2, -0.15) is 0 Å². The van der Waals surface area contributed by atoms with Crippen molar-refractivity contribution in [1.29, 1.82) is 0 Å². The Morgan fingerprint density at radius 1 is 1.08 bits per heavy atom. The summed E-state index contributed by atoms with van der Waals surface area (Å²) in [6.45, 7) is 3.85. The van der Waals surface area contributed by atoms with E-state index in [0.717, 1.165) is 27.9 Å². The summed E-state index contributed by atoms with van der Waals surface area (Å²) in [6, 6.07) is 11.0. The molecule has 5 nitrogen and oxygen atoms in total. The molecular formula is C18H20N2O3S. The van der Waals surface area contributed by atoms with E-state index in [-0.39, 0.29) is 11.7 Å². The van der Waals surface area contributed by atoms with Crippen molar-refractivity contribution >= 4 is 27.3 Å². The summed E-state index contributed by atoms with van der Waals surface area (Å²) in [5, 5.41) is 2.79. The number of anilines is 2. The van der Waals surface area contributed by atoms with Gasteiger partial charge in [-0.05, 0) is 55.2 Å². The van der Waals surface area contributed by atoms with Crippen LogP contribution in [0.25, 0.3) is 0 Å². The molecule has 0 bridgehead atoms. The SMILES string of the molecule is Cc1ccc(C)c(CS(=O)(=O)Nc2ccc3c(c2)CCC(=O)N3)c1. The van der Waals surface area contributed by atoms with Crippen molar-refractivity contribution in [3.05, 3.63) is 58.7 Å². The van der Waals surface area contributed by atoms with E-state index in [1.165, 1.54) is 0 Å². The molecule has 0 radical (unpaired) electrons. The fourth-order valence-electron chi connectivity index (χ4n) is 2.82. The van der Waals surface area contributed by atoms with Crippen molar-refractivity contribution < 1.29 is 13.2 Å². The third kappa shape index (κ3) is 3.76. The molecule has 1 amide bonds. The molecule has 0 saturated heterocycles. The molecule has 1 heterocycles. The first kappa shape index (κ1) is 16.5. The molecule has 1 aliphatic rings. The Morgan fingerprint density at radius 3 is 2.67 bits per heavy atom. The van der Waals surface area contributed by atoms with Gasteiger partial charge in [0.2, 0.25) is 15.9 Å². The van der Waals surface area contributed by atoms with Crippen LogP contribution in [-0.2, 0) is 27.0 Å². The van der Waals surface area contributed by atoms with E-state index in [2.05, 4.69) is 10.0 Å². The summed E-state index contributed by atoms with van der Waals surface area (Å²) >= 11 is 0. The van der Waals surface area contributed by atoms with Crippen LogP contribution in [0.5, 0.6) is 0 Å². The first-order chi connectivity index (χ1) is 11.3. The van der Waals surface area contributed by atoms with Crippen LogP contribution in [-0.4, -0.2) is 14.3 Å². The van der Waals surface area contributed by atoms with Crippen LogP contribution in [0.3, 0.4) is 0 Å². The molecule has 0 atom stereocenters. The smallest absolute Gasteiger partial charge is 0.236 e. The Morgan fingerprint density at radius 2 is 1.88 bits per heavy atom. The summed E-state index contributed by atoms with van der Waals surface area (Å²) in [7, 11) is -3.50. The lowest BCUT2D eigenvalue weighted by Crippen LogP contribution is -2.20. The van der Waals surface area contributed by atoms with Crippen LogP contribution in [0.15, 0.2) is 36.4 Å². The van der Waals surface area contributed by atoms with Gasteiger partial charge < -0.3 is 5.32 Å². The second-order valence-corrected chi connectivity index (χ2v) is 7.93. The molecule has 0 aliphatic carbocycles. The van der Waals surface area contributed by atoms with Gasteiger partial charge in [-0.1, -0.05) is 23.8 Å². The number of amides is 1. The third-order valence-electron chi connectivity index (χ3n) is 4.12. The monoisotopic (exact) mass is 344 g/mol. The molecule has 2 N–H and O–H groups in total. The van der Waals surface area contributed by atoms with E-state index in [9.17, 15) is 13.2 Å². The Kier molecular flexibility index (Phi) is 4.32. The van der Waals surface area contributed by atoms with Crippen molar-refractivity contribution in [2.24, 2.45) is 0 Å². The minimum absolute atomic E-state index is 0.00856. The molecule has 0 saturated carbocycles. The second-order valence-electron chi connectivity index (χ2n) is 6.21. The number of sulfonamides is 1. The third-order valence-corrected chi connectivity index (χ3v) is 5.36. The molecule has 0 spiro atoms. The molecule has 3 rings (SSSR count). The highest BCUT2D eigenvalue weighted by molar-refractivity contribution is 7.91. The Hall–Kier alpha value is -2.34. The number of carbonyl (C=O) groups is 1. The van der Waals surface area contributed by atoms with Crippen molar-refractivity contribution in [2.45, 2.75) is 32.4 Å². The topological polar surface area (TPSA) is 75.3 Å². The molecule has 1 aliphatic heterocycles. The zero-order valence-corrected chi connectivity index (χ0v) is 14.5. The van der Waals surface area contributed by atoms with E-state index in [1.807, 2.05) is 32.0 Å². The zero-order valence-electron chi connectivity index (χ0n) is 13.7. The van der Waals surface area contributed by atoms with Crippen LogP contribution in [0.1, 0.15) is 28.7 Å². The van der Waals surface area contributed by atoms with E-state index >= 15 is 0 Å². The summed E-state index contributed by atoms with van der Waals surface area (Å²) < 4.78 is 27.6. The van der Waals surface area contributed by atoms with Crippen LogP contribution in [0.2, 0.25) is 0 Å². The minimum Gasteiger partial charge on any atom is -0.326 e. The van der Waals surface area contributed by atoms with Gasteiger partial charge in [0.15, 0.2) is 0 Å². The largest absolute Gasteiger partial charge is 0.326 e. The number of benzene rings is 2. The fourth-order valence-corrected chi connectivity index (χ4v) is 4.10. The number of nitrogens with one attached hydrogen (secondary N) is 2. The van der Waals surface area contributed by atoms with Gasteiger partial charge in [0, 0.05) is 17.8 Å². The van der Waals surface area contributed by atoms with Crippen molar-refractivity contribution in [1.82, 2.24) is 0 Å². The quantitative estimate of drug-likeness (QED) is 0.895. The van der Waals surface area contributed by atoms with Gasteiger partial charge in [-0.3, -0.25) is 9.52 Å². The second kappa shape index (κ2) is 6.28. The van der Waals surface area contributed by atoms with Crippen LogP contribution in [0.4, 0.5) is 11.4 Å². The van der Waals surface area contributed by atoms with E-state index < -0.39 is 10.0 Å². The Labute approximate surface area is 142 Å². The highest BCUT2D eigenvalue weighted by atomic mass is 32.2. The first-order valence-corrected chi connectivity index (χ1v) is 9.47. The standard InChI is InChI=1S/C18H20N2O3S/c1-12-3-4-13(2)15(9-12)11-24(22,23)20-16-6-7-17-14(10-16)5-8-18(21)19-17/h3-4,6-7,9-10,20H,5,8,11H2,1-2H3,(H,19,21). The van der Waals surface area contributed by atoms with Crippen molar-refractivity contribution in [3.63, 3.8) is 0 Å². The maximum absolute atomic E-state index is 12.5. The molecule has 24 heavy (non-hydrogen) atoms. The summed E-state index contributed by atoms with van der Waals surface area (Å²) in [4.78, 5) is 11.4. The summed E-state index contributed by atoms with van der Waals surface area (Å²) in [5.41, 5.74) is 5.02. The molecule has 6 heteroatoms. The van der Waals surface area contributed by atoms with Crippen molar-refractivity contribution in [2.75, 3.05) is 10.0 Å². The molecule has 2 aromatic rings. The van der Waals surface area contributed by atoms with Gasteiger partial charge in [-0.25, -0.2) is 8.42 Å². The average molecular weight is 344 g/mol. The normalized spacial score (nSPS) is 14.0. The lowest BCUT2D eigenvalue weighted by molar-refractivity contribution is -0.116. The number of rotatable bonds is 4. The highest BCUT2D eigenvalue weighted by Crippen LogP contribution is 2.26. The zero-order chi connectivity index (χ0) is 17.3. The molecule has 0 fully saturated rings. The average Bonchev–Trinajstić information content (AvgIpc) is 2.50. The van der Waals surface area contributed by atoms with Gasteiger partial charge >= 0.3 is 0 Å². The summed E-state index contributed by atoms with van der Waals surface area (Å²) in [5.74, 6) is -0.0697. The number of carbonyl (C=O) groups excluding carboxylic acids is 1.